The van der Waals surface area contributed by atoms with Crippen LogP contribution in [-0.2, 0) is 0 Å². The van der Waals surface area contributed by atoms with Crippen LogP contribution in [0.25, 0.3) is 0 Å². The lowest BCUT2D eigenvalue weighted by Gasteiger charge is -2.25. The number of benzene rings is 1. The minimum atomic E-state index is 0.0677. The van der Waals surface area contributed by atoms with E-state index in [9.17, 15) is 0 Å². The summed E-state index contributed by atoms with van der Waals surface area (Å²) in [6, 6.07) is 6.38. The molecular formula is C12H19BrN2. The molecule has 84 valence electrons. The minimum absolute atomic E-state index is 0.0677. The van der Waals surface area contributed by atoms with Crippen LogP contribution in [0.15, 0.2) is 22.7 Å². The van der Waals surface area contributed by atoms with E-state index >= 15 is 0 Å². The molecule has 3 heteroatoms. The quantitative estimate of drug-likeness (QED) is 0.910. The Bertz CT molecular complexity index is 319. The Hall–Kier alpha value is -0.540. The third kappa shape index (κ3) is 2.95. The molecule has 0 aliphatic carbocycles. The molecular weight excluding hydrogens is 252 g/mol. The monoisotopic (exact) mass is 270 g/mol. The summed E-state index contributed by atoms with van der Waals surface area (Å²) >= 11 is 3.48. The number of nitrogens with two attached hydrogens (primary N) is 1. The van der Waals surface area contributed by atoms with E-state index in [2.05, 4.69) is 52.9 Å². The molecule has 0 heterocycles. The first-order valence-electron chi connectivity index (χ1n) is 5.40. The lowest BCUT2D eigenvalue weighted by Crippen LogP contribution is -2.24. The van der Waals surface area contributed by atoms with Gasteiger partial charge in [-0.25, -0.2) is 0 Å². The Morgan fingerprint density at radius 3 is 2.40 bits per heavy atom. The molecule has 0 aliphatic rings. The highest BCUT2D eigenvalue weighted by Crippen LogP contribution is 2.28. The molecule has 0 spiro atoms. The summed E-state index contributed by atoms with van der Waals surface area (Å²) in [6.07, 6.45) is 0. The zero-order valence-corrected chi connectivity index (χ0v) is 11.2. The van der Waals surface area contributed by atoms with Crippen LogP contribution in [0, 0.1) is 0 Å². The Balaban J connectivity index is 3.15. The summed E-state index contributed by atoms with van der Waals surface area (Å²) in [4.78, 5) is 2.32. The minimum Gasteiger partial charge on any atom is -0.372 e. The van der Waals surface area contributed by atoms with Gasteiger partial charge in [0.25, 0.3) is 0 Å². The molecule has 2 N–H and O–H groups in total. The van der Waals surface area contributed by atoms with Crippen molar-refractivity contribution in [2.45, 2.75) is 26.8 Å². The van der Waals surface area contributed by atoms with Crippen molar-refractivity contribution in [3.63, 3.8) is 0 Å². The van der Waals surface area contributed by atoms with Crippen molar-refractivity contribution < 1.29 is 0 Å². The maximum absolute atomic E-state index is 5.98. The largest absolute Gasteiger partial charge is 0.372 e. The first-order chi connectivity index (χ1) is 7.10. The van der Waals surface area contributed by atoms with Crippen molar-refractivity contribution in [3.05, 3.63) is 28.2 Å². The van der Waals surface area contributed by atoms with Gasteiger partial charge in [-0.05, 0) is 44.5 Å². The highest BCUT2D eigenvalue weighted by atomic mass is 79.9. The number of halogens is 1. The Morgan fingerprint density at radius 2 is 1.93 bits per heavy atom. The maximum atomic E-state index is 5.98. The fraction of sp³-hybridized carbons (Fsp3) is 0.500. The standard InChI is InChI=1S/C12H19BrN2/c1-4-15(5-2)12-7-6-10(13)8-11(12)9(3)14/h6-9H,4-5,14H2,1-3H3. The molecule has 0 bridgehead atoms. The third-order valence-corrected chi connectivity index (χ3v) is 3.08. The van der Waals surface area contributed by atoms with Gasteiger partial charge in [0.05, 0.1) is 0 Å². The Morgan fingerprint density at radius 1 is 1.33 bits per heavy atom. The van der Waals surface area contributed by atoms with E-state index in [1.54, 1.807) is 0 Å². The second-order valence-corrected chi connectivity index (χ2v) is 4.58. The first kappa shape index (κ1) is 12.5. The van der Waals surface area contributed by atoms with E-state index in [0.29, 0.717) is 0 Å². The van der Waals surface area contributed by atoms with Gasteiger partial charge >= 0.3 is 0 Å². The number of anilines is 1. The number of nitrogens with zero attached hydrogens (tertiary/aromatic N) is 1. The maximum Gasteiger partial charge on any atom is 0.0415 e. The molecule has 1 aromatic carbocycles. The summed E-state index contributed by atoms with van der Waals surface area (Å²) in [5.74, 6) is 0. The van der Waals surface area contributed by atoms with Crippen molar-refractivity contribution in [2.24, 2.45) is 5.73 Å². The first-order valence-corrected chi connectivity index (χ1v) is 6.19. The van der Waals surface area contributed by atoms with Crippen LogP contribution in [0.3, 0.4) is 0 Å². The molecule has 0 aromatic heterocycles. The van der Waals surface area contributed by atoms with Gasteiger partial charge in [-0.2, -0.15) is 0 Å². The van der Waals surface area contributed by atoms with Crippen LogP contribution in [0.5, 0.6) is 0 Å². The van der Waals surface area contributed by atoms with Crippen LogP contribution >= 0.6 is 15.9 Å². The molecule has 1 atom stereocenters. The fourth-order valence-electron chi connectivity index (χ4n) is 1.74. The molecule has 0 saturated carbocycles. The summed E-state index contributed by atoms with van der Waals surface area (Å²) in [6.45, 7) is 8.37. The van der Waals surface area contributed by atoms with Crippen molar-refractivity contribution >= 4 is 21.6 Å². The lowest BCUT2D eigenvalue weighted by atomic mass is 10.1. The van der Waals surface area contributed by atoms with E-state index in [0.717, 1.165) is 17.6 Å². The molecule has 0 radical (unpaired) electrons. The van der Waals surface area contributed by atoms with Gasteiger partial charge in [0.2, 0.25) is 0 Å². The molecule has 1 rings (SSSR count). The van der Waals surface area contributed by atoms with Gasteiger partial charge in [-0.3, -0.25) is 0 Å². The fourth-order valence-corrected chi connectivity index (χ4v) is 2.12. The molecule has 2 nitrogen and oxygen atoms in total. The van der Waals surface area contributed by atoms with Crippen molar-refractivity contribution in [1.29, 1.82) is 0 Å². The topological polar surface area (TPSA) is 29.3 Å². The Kier molecular flexibility index (Phi) is 4.61. The molecule has 0 saturated heterocycles. The van der Waals surface area contributed by atoms with Gasteiger partial charge in [0.1, 0.15) is 0 Å². The number of hydrogen-bond acceptors (Lipinski definition) is 2. The van der Waals surface area contributed by atoms with Gasteiger partial charge in [-0.1, -0.05) is 15.9 Å². The summed E-state index contributed by atoms with van der Waals surface area (Å²) in [5, 5.41) is 0. The van der Waals surface area contributed by atoms with Crippen molar-refractivity contribution in [1.82, 2.24) is 0 Å². The van der Waals surface area contributed by atoms with E-state index in [4.69, 9.17) is 5.73 Å². The van der Waals surface area contributed by atoms with Crippen LogP contribution in [0.1, 0.15) is 32.4 Å². The van der Waals surface area contributed by atoms with E-state index < -0.39 is 0 Å². The Labute approximate surface area is 101 Å². The van der Waals surface area contributed by atoms with Gasteiger partial charge in [0.15, 0.2) is 0 Å². The molecule has 0 fully saturated rings. The van der Waals surface area contributed by atoms with E-state index in [-0.39, 0.29) is 6.04 Å². The van der Waals surface area contributed by atoms with Gasteiger partial charge < -0.3 is 10.6 Å². The molecule has 15 heavy (non-hydrogen) atoms. The third-order valence-electron chi connectivity index (χ3n) is 2.58. The van der Waals surface area contributed by atoms with Crippen LogP contribution < -0.4 is 10.6 Å². The summed E-state index contributed by atoms with van der Waals surface area (Å²) < 4.78 is 1.09. The zero-order valence-electron chi connectivity index (χ0n) is 9.63. The smallest absolute Gasteiger partial charge is 0.0415 e. The van der Waals surface area contributed by atoms with Crippen LogP contribution in [0.4, 0.5) is 5.69 Å². The lowest BCUT2D eigenvalue weighted by molar-refractivity contribution is 0.789. The van der Waals surface area contributed by atoms with Crippen LogP contribution in [0.2, 0.25) is 0 Å². The summed E-state index contributed by atoms with van der Waals surface area (Å²) in [5.41, 5.74) is 8.43. The molecule has 1 aromatic rings. The zero-order chi connectivity index (χ0) is 11.4. The van der Waals surface area contributed by atoms with Crippen LogP contribution in [-0.4, -0.2) is 13.1 Å². The SMILES string of the molecule is CCN(CC)c1ccc(Br)cc1C(C)N. The normalized spacial score (nSPS) is 12.6. The van der Waals surface area contributed by atoms with Gasteiger partial charge in [0, 0.05) is 29.3 Å². The summed E-state index contributed by atoms with van der Waals surface area (Å²) in [7, 11) is 0. The number of hydrogen-bond donors (Lipinski definition) is 1. The highest BCUT2D eigenvalue weighted by molar-refractivity contribution is 9.10. The van der Waals surface area contributed by atoms with Gasteiger partial charge in [-0.15, -0.1) is 0 Å². The second kappa shape index (κ2) is 5.52. The molecule has 0 aliphatic heterocycles. The number of rotatable bonds is 4. The van der Waals surface area contributed by atoms with E-state index in [1.807, 2.05) is 6.92 Å². The molecule has 1 unspecified atom stereocenters. The van der Waals surface area contributed by atoms with E-state index in [1.165, 1.54) is 11.3 Å². The molecule has 0 amide bonds. The van der Waals surface area contributed by atoms with Crippen molar-refractivity contribution in [3.8, 4) is 0 Å². The predicted molar refractivity (Wildman–Crippen MR) is 70.3 cm³/mol. The average Bonchev–Trinajstić information content (AvgIpc) is 2.21. The second-order valence-electron chi connectivity index (χ2n) is 3.66. The van der Waals surface area contributed by atoms with Crippen molar-refractivity contribution in [2.75, 3.05) is 18.0 Å². The average molecular weight is 271 g/mol. The predicted octanol–water partition coefficient (Wildman–Crippen LogP) is 3.32. The highest BCUT2D eigenvalue weighted by Gasteiger charge is 2.11.